The molecular weight excluding hydrogens is 240 g/mol. The molecule has 0 amide bonds. The molecule has 0 saturated carbocycles. The number of carboxylic acids is 1. The maximum atomic E-state index is 13.6. The summed E-state index contributed by atoms with van der Waals surface area (Å²) in [6.45, 7) is 1.61. The summed E-state index contributed by atoms with van der Waals surface area (Å²) in [5.41, 5.74) is 0.551. The first kappa shape index (κ1) is 13.0. The predicted molar refractivity (Wildman–Crippen MR) is 62.4 cm³/mol. The minimum Gasteiger partial charge on any atom is -0.481 e. The van der Waals surface area contributed by atoms with Gasteiger partial charge < -0.3 is 10.4 Å². The summed E-state index contributed by atoms with van der Waals surface area (Å²) in [6.07, 6.45) is -1.05. The number of aliphatic carboxylic acids is 1. The fourth-order valence-electron chi connectivity index (χ4n) is 2.44. The van der Waals surface area contributed by atoms with Gasteiger partial charge in [-0.2, -0.15) is 0 Å². The molecule has 3 nitrogen and oxygen atoms in total. The van der Waals surface area contributed by atoms with E-state index in [2.05, 4.69) is 5.32 Å². The molecule has 1 heterocycles. The van der Waals surface area contributed by atoms with Crippen molar-refractivity contribution in [2.24, 2.45) is 5.92 Å². The van der Waals surface area contributed by atoms with E-state index in [0.717, 1.165) is 0 Å². The third kappa shape index (κ3) is 2.36. The average Bonchev–Trinajstić information content (AvgIpc) is 2.77. The van der Waals surface area contributed by atoms with Crippen molar-refractivity contribution in [3.8, 4) is 0 Å². The third-order valence-electron chi connectivity index (χ3n) is 3.34. The Kier molecular flexibility index (Phi) is 3.61. The van der Waals surface area contributed by atoms with Gasteiger partial charge in [-0.3, -0.25) is 4.79 Å². The number of hydrogen-bond acceptors (Lipinski definition) is 2. The van der Waals surface area contributed by atoms with Crippen molar-refractivity contribution in [1.29, 1.82) is 0 Å². The van der Waals surface area contributed by atoms with E-state index < -0.39 is 23.9 Å². The summed E-state index contributed by atoms with van der Waals surface area (Å²) in [4.78, 5) is 10.9. The summed E-state index contributed by atoms with van der Waals surface area (Å²) in [5, 5.41) is 11.9. The largest absolute Gasteiger partial charge is 0.481 e. The highest BCUT2D eigenvalue weighted by molar-refractivity contribution is 5.70. The molecule has 2 rings (SSSR count). The van der Waals surface area contributed by atoms with E-state index in [1.807, 2.05) is 0 Å². The molecule has 0 aromatic heterocycles. The second-order valence-corrected chi connectivity index (χ2v) is 4.59. The standard InChI is InChI=1S/C13H15F2NO2/c1-7(14)12-9(3-2-4-10(12)15)11-5-8(6-16-11)13(17)18/h2-4,7-8,11,16H,5-6H2,1H3,(H,17,18). The van der Waals surface area contributed by atoms with Gasteiger partial charge in [0.25, 0.3) is 0 Å². The van der Waals surface area contributed by atoms with Crippen molar-refractivity contribution >= 4 is 5.97 Å². The molecule has 1 aliphatic heterocycles. The maximum Gasteiger partial charge on any atom is 0.307 e. The van der Waals surface area contributed by atoms with Crippen LogP contribution in [0.3, 0.4) is 0 Å². The molecule has 1 aliphatic rings. The Balaban J connectivity index is 2.30. The Hall–Kier alpha value is -1.49. The highest BCUT2D eigenvalue weighted by atomic mass is 19.1. The molecule has 5 heteroatoms. The first-order valence-electron chi connectivity index (χ1n) is 5.89. The van der Waals surface area contributed by atoms with Crippen LogP contribution < -0.4 is 5.32 Å². The molecule has 1 aromatic rings. The second-order valence-electron chi connectivity index (χ2n) is 4.59. The first-order chi connectivity index (χ1) is 8.50. The van der Waals surface area contributed by atoms with Crippen LogP contribution >= 0.6 is 0 Å². The fraction of sp³-hybridized carbons (Fsp3) is 0.462. The SMILES string of the molecule is CC(F)c1c(F)cccc1C1CC(C(=O)O)CN1. The van der Waals surface area contributed by atoms with Crippen LogP contribution in [-0.4, -0.2) is 17.6 Å². The summed E-state index contributed by atoms with van der Waals surface area (Å²) >= 11 is 0. The van der Waals surface area contributed by atoms with Crippen LogP contribution in [-0.2, 0) is 4.79 Å². The zero-order valence-electron chi connectivity index (χ0n) is 9.99. The molecule has 98 valence electrons. The van der Waals surface area contributed by atoms with Gasteiger partial charge in [0.05, 0.1) is 5.92 Å². The summed E-state index contributed by atoms with van der Waals surface area (Å²) in [6, 6.07) is 4.09. The van der Waals surface area contributed by atoms with Crippen LogP contribution in [0, 0.1) is 11.7 Å². The lowest BCUT2D eigenvalue weighted by atomic mass is 9.94. The van der Waals surface area contributed by atoms with Crippen molar-refractivity contribution in [2.45, 2.75) is 25.6 Å². The zero-order chi connectivity index (χ0) is 13.3. The molecule has 3 atom stereocenters. The van der Waals surface area contributed by atoms with E-state index in [9.17, 15) is 13.6 Å². The maximum absolute atomic E-state index is 13.6. The fourth-order valence-corrected chi connectivity index (χ4v) is 2.44. The number of carbonyl (C=O) groups is 1. The molecule has 18 heavy (non-hydrogen) atoms. The van der Waals surface area contributed by atoms with E-state index in [1.54, 1.807) is 6.07 Å². The number of halogens is 2. The molecule has 1 fully saturated rings. The van der Waals surface area contributed by atoms with Crippen molar-refractivity contribution < 1.29 is 18.7 Å². The predicted octanol–water partition coefficient (Wildman–Crippen LogP) is 2.59. The van der Waals surface area contributed by atoms with Gasteiger partial charge in [0.2, 0.25) is 0 Å². The first-order valence-corrected chi connectivity index (χ1v) is 5.89. The van der Waals surface area contributed by atoms with Crippen LogP contribution in [0.15, 0.2) is 18.2 Å². The molecule has 0 aliphatic carbocycles. The number of carboxylic acid groups (broad SMARTS) is 1. The normalized spacial score (nSPS) is 25.1. The van der Waals surface area contributed by atoms with E-state index in [4.69, 9.17) is 5.11 Å². The van der Waals surface area contributed by atoms with Crippen LogP contribution in [0.1, 0.15) is 36.7 Å². The number of hydrogen-bond donors (Lipinski definition) is 2. The molecular formula is C13H15F2NO2. The minimum absolute atomic E-state index is 0.0287. The lowest BCUT2D eigenvalue weighted by Crippen LogP contribution is -2.18. The lowest BCUT2D eigenvalue weighted by Gasteiger charge is -2.17. The Labute approximate surface area is 104 Å². The molecule has 0 spiro atoms. The monoisotopic (exact) mass is 255 g/mol. The lowest BCUT2D eigenvalue weighted by molar-refractivity contribution is -0.141. The van der Waals surface area contributed by atoms with Gasteiger partial charge in [0.1, 0.15) is 12.0 Å². The molecule has 0 radical (unpaired) electrons. The van der Waals surface area contributed by atoms with Crippen molar-refractivity contribution in [3.63, 3.8) is 0 Å². The average molecular weight is 255 g/mol. The van der Waals surface area contributed by atoms with Gasteiger partial charge in [-0.1, -0.05) is 12.1 Å². The van der Waals surface area contributed by atoms with Gasteiger partial charge in [-0.15, -0.1) is 0 Å². The van der Waals surface area contributed by atoms with Crippen LogP contribution in [0.2, 0.25) is 0 Å². The number of alkyl halides is 1. The van der Waals surface area contributed by atoms with Crippen LogP contribution in [0.4, 0.5) is 8.78 Å². The van der Waals surface area contributed by atoms with E-state index >= 15 is 0 Å². The van der Waals surface area contributed by atoms with Crippen molar-refractivity contribution in [2.75, 3.05) is 6.54 Å². The van der Waals surface area contributed by atoms with Gasteiger partial charge in [-0.25, -0.2) is 8.78 Å². The van der Waals surface area contributed by atoms with Gasteiger partial charge >= 0.3 is 5.97 Å². The number of rotatable bonds is 3. The Bertz CT molecular complexity index is 462. The van der Waals surface area contributed by atoms with Crippen molar-refractivity contribution in [3.05, 3.63) is 35.1 Å². The number of nitrogens with one attached hydrogen (secondary N) is 1. The van der Waals surface area contributed by atoms with E-state index in [-0.39, 0.29) is 11.6 Å². The van der Waals surface area contributed by atoms with E-state index in [1.165, 1.54) is 19.1 Å². The van der Waals surface area contributed by atoms with Crippen molar-refractivity contribution in [1.82, 2.24) is 5.32 Å². The van der Waals surface area contributed by atoms with Crippen LogP contribution in [0.25, 0.3) is 0 Å². The number of benzene rings is 1. The Morgan fingerprint density at radius 2 is 2.28 bits per heavy atom. The molecule has 2 N–H and O–H groups in total. The van der Waals surface area contributed by atoms with Gasteiger partial charge in [-0.05, 0) is 25.0 Å². The quantitative estimate of drug-likeness (QED) is 0.872. The molecule has 1 aromatic carbocycles. The highest BCUT2D eigenvalue weighted by Gasteiger charge is 2.32. The zero-order valence-corrected chi connectivity index (χ0v) is 9.99. The molecule has 3 unspecified atom stereocenters. The molecule has 0 bridgehead atoms. The van der Waals surface area contributed by atoms with Gasteiger partial charge in [0.15, 0.2) is 0 Å². The molecule has 1 saturated heterocycles. The summed E-state index contributed by atoms with van der Waals surface area (Å²) in [7, 11) is 0. The summed E-state index contributed by atoms with van der Waals surface area (Å²) in [5.74, 6) is -1.96. The third-order valence-corrected chi connectivity index (χ3v) is 3.34. The summed E-state index contributed by atoms with van der Waals surface area (Å²) < 4.78 is 27.1. The highest BCUT2D eigenvalue weighted by Crippen LogP contribution is 2.34. The Morgan fingerprint density at radius 3 is 2.83 bits per heavy atom. The Morgan fingerprint density at radius 1 is 1.56 bits per heavy atom. The minimum atomic E-state index is -1.41. The van der Waals surface area contributed by atoms with E-state index in [0.29, 0.717) is 18.5 Å². The van der Waals surface area contributed by atoms with Crippen LogP contribution in [0.5, 0.6) is 0 Å². The van der Waals surface area contributed by atoms with Gasteiger partial charge in [0, 0.05) is 18.2 Å². The smallest absolute Gasteiger partial charge is 0.307 e. The topological polar surface area (TPSA) is 49.3 Å². The second kappa shape index (κ2) is 5.02.